The quantitative estimate of drug-likeness (QED) is 0.0365. The molecule has 0 radical (unpaired) electrons. The standard InChI is InChI=1S/C54H94N4O11/c1-39(2)45(61)68-31-25-57(49(5,6)7)47(63)55-41-33-51(11,12)37-53(15,35-41)23-21-43(59)66-29-19-17-27-65-28-18-20-30-67-44(60)22-24-54(16)36-42(34-52(13,14)38-54)56-48(64)58(50(8,9)10)26-32-69-46(62)40(3)4/h41-42H,1,3,17-38H2,2,4-16H3,(H,55,63)(H,56,64). The van der Waals surface area contributed by atoms with Gasteiger partial charge in [0, 0.05) is 60.4 Å². The number of unbranched alkanes of at least 4 members (excludes halogenated alkanes) is 2. The van der Waals surface area contributed by atoms with Gasteiger partial charge in [-0.25, -0.2) is 19.2 Å². The van der Waals surface area contributed by atoms with Gasteiger partial charge in [0.2, 0.25) is 0 Å². The van der Waals surface area contributed by atoms with Crippen molar-refractivity contribution in [2.45, 2.75) is 210 Å². The second kappa shape index (κ2) is 26.9. The fraction of sp³-hybridized carbons (Fsp3) is 0.815. The van der Waals surface area contributed by atoms with E-state index in [0.29, 0.717) is 76.1 Å². The Kier molecular flexibility index (Phi) is 23.8. The van der Waals surface area contributed by atoms with Crippen molar-refractivity contribution in [3.63, 3.8) is 0 Å². The van der Waals surface area contributed by atoms with Crippen molar-refractivity contribution >= 4 is 35.9 Å². The van der Waals surface area contributed by atoms with Gasteiger partial charge in [-0.1, -0.05) is 54.7 Å². The number of nitrogens with one attached hydrogen (secondary N) is 2. The Morgan fingerprint density at radius 3 is 1.17 bits per heavy atom. The van der Waals surface area contributed by atoms with Crippen LogP contribution >= 0.6 is 0 Å². The van der Waals surface area contributed by atoms with Gasteiger partial charge >= 0.3 is 35.9 Å². The second-order valence-corrected chi connectivity index (χ2v) is 24.4. The van der Waals surface area contributed by atoms with Crippen LogP contribution in [0, 0.1) is 21.7 Å². The van der Waals surface area contributed by atoms with Gasteiger partial charge in [-0.05, 0) is 154 Å². The summed E-state index contributed by atoms with van der Waals surface area (Å²) >= 11 is 0. The summed E-state index contributed by atoms with van der Waals surface area (Å²) in [6.45, 7) is 37.8. The van der Waals surface area contributed by atoms with Gasteiger partial charge < -0.3 is 44.1 Å². The number of esters is 4. The molecule has 2 aliphatic carbocycles. The topological polar surface area (TPSA) is 179 Å². The van der Waals surface area contributed by atoms with Gasteiger partial charge in [-0.2, -0.15) is 0 Å². The minimum absolute atomic E-state index is 0.0341. The van der Waals surface area contributed by atoms with Crippen LogP contribution in [0.25, 0.3) is 0 Å². The number of hydrogen-bond acceptors (Lipinski definition) is 11. The number of urea groups is 2. The first kappa shape index (κ1) is 61.0. The molecule has 4 atom stereocenters. The van der Waals surface area contributed by atoms with Crippen LogP contribution in [0.4, 0.5) is 9.59 Å². The summed E-state index contributed by atoms with van der Waals surface area (Å²) in [5.41, 5.74) is -0.730. The third-order valence-electron chi connectivity index (χ3n) is 13.2. The van der Waals surface area contributed by atoms with Crippen molar-refractivity contribution in [3.8, 4) is 0 Å². The fourth-order valence-electron chi connectivity index (χ4n) is 10.6. The van der Waals surface area contributed by atoms with E-state index in [9.17, 15) is 28.8 Å². The van der Waals surface area contributed by atoms with E-state index in [1.807, 2.05) is 41.5 Å². The van der Waals surface area contributed by atoms with Crippen molar-refractivity contribution in [2.24, 2.45) is 21.7 Å². The van der Waals surface area contributed by atoms with Crippen LogP contribution in [-0.4, -0.2) is 122 Å². The highest BCUT2D eigenvalue weighted by Gasteiger charge is 2.44. The fourth-order valence-corrected chi connectivity index (χ4v) is 10.6. The number of ether oxygens (including phenoxy) is 5. The lowest BCUT2D eigenvalue weighted by atomic mass is 9.61. The predicted octanol–water partition coefficient (Wildman–Crippen LogP) is 10.2. The van der Waals surface area contributed by atoms with Crippen LogP contribution in [0.5, 0.6) is 0 Å². The van der Waals surface area contributed by atoms with E-state index >= 15 is 0 Å². The van der Waals surface area contributed by atoms with Crippen LogP contribution < -0.4 is 10.6 Å². The molecule has 69 heavy (non-hydrogen) atoms. The summed E-state index contributed by atoms with van der Waals surface area (Å²) in [7, 11) is 0. The average Bonchev–Trinajstić information content (AvgIpc) is 3.18. The first-order valence-corrected chi connectivity index (χ1v) is 25.5. The third-order valence-corrected chi connectivity index (χ3v) is 13.2. The van der Waals surface area contributed by atoms with Gasteiger partial charge in [0.15, 0.2) is 0 Å². The molecule has 15 heteroatoms. The molecule has 0 saturated heterocycles. The molecule has 0 spiro atoms. The maximum atomic E-state index is 13.6. The maximum Gasteiger partial charge on any atom is 0.333 e. The molecule has 0 aromatic rings. The van der Waals surface area contributed by atoms with Crippen LogP contribution in [0.3, 0.4) is 0 Å². The summed E-state index contributed by atoms with van der Waals surface area (Å²) < 4.78 is 27.5. The zero-order chi connectivity index (χ0) is 52.4. The van der Waals surface area contributed by atoms with Crippen LogP contribution in [0.2, 0.25) is 0 Å². The van der Waals surface area contributed by atoms with Gasteiger partial charge in [0.05, 0.1) is 26.3 Å². The smallest absolute Gasteiger partial charge is 0.333 e. The van der Waals surface area contributed by atoms with Crippen LogP contribution in [0.1, 0.15) is 187 Å². The molecule has 396 valence electrons. The minimum atomic E-state index is -0.488. The largest absolute Gasteiger partial charge is 0.466 e. The van der Waals surface area contributed by atoms with Crippen molar-refractivity contribution in [1.82, 2.24) is 20.4 Å². The lowest BCUT2D eigenvalue weighted by molar-refractivity contribution is -0.145. The van der Waals surface area contributed by atoms with E-state index in [0.717, 1.165) is 51.4 Å². The monoisotopic (exact) mass is 975 g/mol. The molecule has 2 saturated carbocycles. The first-order valence-electron chi connectivity index (χ1n) is 25.5. The van der Waals surface area contributed by atoms with E-state index < -0.39 is 23.0 Å². The number of hydrogen-bond donors (Lipinski definition) is 2. The van der Waals surface area contributed by atoms with Gasteiger partial charge in [0.1, 0.15) is 13.2 Å². The lowest BCUT2D eigenvalue weighted by Crippen LogP contribution is -2.56. The highest BCUT2D eigenvalue weighted by atomic mass is 16.5. The average molecular weight is 975 g/mol. The van der Waals surface area contributed by atoms with Crippen molar-refractivity contribution < 1.29 is 52.5 Å². The van der Waals surface area contributed by atoms with E-state index in [1.54, 1.807) is 23.6 Å². The Hall–Kier alpha value is -4.14. The Labute approximate surface area is 416 Å². The molecule has 0 aliphatic heterocycles. The molecule has 2 rings (SSSR count). The summed E-state index contributed by atoms with van der Waals surface area (Å²) in [6, 6.07) is -0.539. The van der Waals surface area contributed by atoms with E-state index in [2.05, 4.69) is 65.3 Å². The number of carbonyl (C=O) groups excluding carboxylic acids is 6. The summed E-state index contributed by atoms with van der Waals surface area (Å²) in [5, 5.41) is 6.52. The Balaban J connectivity index is 1.66. The summed E-state index contributed by atoms with van der Waals surface area (Å²) in [4.78, 5) is 79.9. The zero-order valence-corrected chi connectivity index (χ0v) is 45.5. The number of rotatable bonds is 26. The molecular weight excluding hydrogens is 881 g/mol. The van der Waals surface area contributed by atoms with Crippen molar-refractivity contribution in [3.05, 3.63) is 24.3 Å². The molecule has 0 aromatic heterocycles. The molecule has 2 aliphatic rings. The number of carbonyl (C=O) groups is 6. The summed E-state index contributed by atoms with van der Waals surface area (Å²) in [5.74, 6) is -1.39. The lowest BCUT2D eigenvalue weighted by Gasteiger charge is -2.47. The maximum absolute atomic E-state index is 13.6. The van der Waals surface area contributed by atoms with Gasteiger partial charge in [0.25, 0.3) is 0 Å². The molecule has 4 unspecified atom stereocenters. The Morgan fingerprint density at radius 1 is 0.522 bits per heavy atom. The molecule has 4 amide bonds. The van der Waals surface area contributed by atoms with Crippen molar-refractivity contribution in [1.29, 1.82) is 0 Å². The number of amides is 4. The van der Waals surface area contributed by atoms with Crippen LogP contribution in [0.15, 0.2) is 24.3 Å². The molecule has 2 fully saturated rings. The highest BCUT2D eigenvalue weighted by Crippen LogP contribution is 2.50. The molecule has 0 bridgehead atoms. The Morgan fingerprint density at radius 2 is 0.855 bits per heavy atom. The molecule has 0 heterocycles. The summed E-state index contributed by atoms with van der Waals surface area (Å²) in [6.07, 6.45) is 9.88. The van der Waals surface area contributed by atoms with Crippen LogP contribution in [-0.2, 0) is 42.9 Å². The normalized spacial score (nSPS) is 22.1. The molecule has 15 nitrogen and oxygen atoms in total. The number of nitrogens with zero attached hydrogens (tertiary/aromatic N) is 2. The Bertz CT molecular complexity index is 1620. The van der Waals surface area contributed by atoms with E-state index in [1.165, 1.54) is 0 Å². The highest BCUT2D eigenvalue weighted by molar-refractivity contribution is 5.87. The van der Waals surface area contributed by atoms with Gasteiger partial charge in [-0.15, -0.1) is 0 Å². The minimum Gasteiger partial charge on any atom is -0.466 e. The third kappa shape index (κ3) is 23.6. The molecule has 2 N–H and O–H groups in total. The van der Waals surface area contributed by atoms with E-state index in [-0.39, 0.29) is 84.0 Å². The first-order chi connectivity index (χ1) is 31.8. The predicted molar refractivity (Wildman–Crippen MR) is 270 cm³/mol. The van der Waals surface area contributed by atoms with Gasteiger partial charge in [-0.3, -0.25) is 9.59 Å². The second-order valence-electron chi connectivity index (χ2n) is 24.4. The van der Waals surface area contributed by atoms with Crippen molar-refractivity contribution in [2.75, 3.05) is 52.7 Å². The van der Waals surface area contributed by atoms with E-state index in [4.69, 9.17) is 23.7 Å². The zero-order valence-electron chi connectivity index (χ0n) is 45.5. The molecular formula is C54H94N4O11. The molecule has 0 aromatic carbocycles. The SMILES string of the molecule is C=C(C)C(=O)OCCN(C(=O)NC1CC(C)(C)CC(C)(CCC(=O)OCCCCOCCCCOC(=O)CCC2(C)CC(NC(=O)N(CCOC(=O)C(=C)C)C(C)(C)C)CC(C)(C)C2)C1)C(C)(C)C.